The molecule has 1 aromatic carbocycles. The van der Waals surface area contributed by atoms with E-state index in [1.54, 1.807) is 34.6 Å². The zero-order valence-electron chi connectivity index (χ0n) is 17.7. The van der Waals surface area contributed by atoms with Crippen LogP contribution < -0.4 is 0 Å². The van der Waals surface area contributed by atoms with Crippen molar-refractivity contribution < 1.29 is 13.2 Å². The Hall–Kier alpha value is -2.07. The first-order chi connectivity index (χ1) is 14.7. The Balaban J connectivity index is 1.41. The summed E-state index contributed by atoms with van der Waals surface area (Å²) in [5, 5.41) is 2.81. The monoisotopic (exact) mass is 475 g/mol. The fourth-order valence-electron chi connectivity index (χ4n) is 3.45. The topological polar surface area (TPSA) is 70.6 Å². The van der Waals surface area contributed by atoms with Crippen LogP contribution in [0.25, 0.3) is 9.88 Å². The summed E-state index contributed by atoms with van der Waals surface area (Å²) in [5.41, 5.74) is 1.06. The molecule has 3 heterocycles. The molecule has 31 heavy (non-hydrogen) atoms. The average Bonchev–Trinajstić information content (AvgIpc) is 3.45. The van der Waals surface area contributed by atoms with Crippen molar-refractivity contribution in [3.05, 3.63) is 58.4 Å². The number of sulfonamides is 1. The molecule has 0 radical (unpaired) electrons. The maximum atomic E-state index is 13.0. The highest BCUT2D eigenvalue weighted by Gasteiger charge is 2.31. The van der Waals surface area contributed by atoms with Gasteiger partial charge in [-0.25, -0.2) is 13.4 Å². The summed E-state index contributed by atoms with van der Waals surface area (Å²) in [6.45, 7) is 7.59. The maximum absolute atomic E-state index is 13.0. The average molecular weight is 476 g/mol. The molecule has 0 N–H and O–H groups in total. The predicted octanol–water partition coefficient (Wildman–Crippen LogP) is 4.32. The second-order valence-corrected chi connectivity index (χ2v) is 12.4. The van der Waals surface area contributed by atoms with Gasteiger partial charge in [-0.1, -0.05) is 39.0 Å². The normalized spacial score (nSPS) is 15.9. The Kier molecular flexibility index (Phi) is 6.04. The van der Waals surface area contributed by atoms with E-state index < -0.39 is 10.0 Å². The van der Waals surface area contributed by atoms with Crippen molar-refractivity contribution in [3.8, 4) is 9.88 Å². The van der Waals surface area contributed by atoms with Gasteiger partial charge in [-0.2, -0.15) is 4.31 Å². The van der Waals surface area contributed by atoms with Crippen LogP contribution in [0.1, 0.15) is 36.0 Å². The van der Waals surface area contributed by atoms with Gasteiger partial charge < -0.3 is 4.90 Å². The van der Waals surface area contributed by atoms with E-state index in [0.717, 1.165) is 15.4 Å². The van der Waals surface area contributed by atoms with Crippen LogP contribution in [-0.2, 0) is 15.4 Å². The number of amides is 1. The molecule has 0 unspecified atom stereocenters. The van der Waals surface area contributed by atoms with Crippen LogP contribution in [0, 0.1) is 0 Å². The number of hydrogen-bond donors (Lipinski definition) is 0. The van der Waals surface area contributed by atoms with Crippen LogP contribution in [0.4, 0.5) is 0 Å². The number of hydrogen-bond acceptors (Lipinski definition) is 6. The van der Waals surface area contributed by atoms with E-state index in [-0.39, 0.29) is 24.4 Å². The Labute approximate surface area is 191 Å². The molecule has 6 nitrogen and oxygen atoms in total. The van der Waals surface area contributed by atoms with Crippen molar-refractivity contribution in [1.82, 2.24) is 14.2 Å². The van der Waals surface area contributed by atoms with Crippen molar-refractivity contribution >= 4 is 38.6 Å². The lowest BCUT2D eigenvalue weighted by atomic mass is 9.87. The lowest BCUT2D eigenvalue weighted by molar-refractivity contribution is 0.0702. The maximum Gasteiger partial charge on any atom is 0.265 e. The second-order valence-electron chi connectivity index (χ2n) is 8.48. The van der Waals surface area contributed by atoms with Gasteiger partial charge >= 0.3 is 0 Å². The van der Waals surface area contributed by atoms with Crippen molar-refractivity contribution in [2.45, 2.75) is 31.1 Å². The lowest BCUT2D eigenvalue weighted by Gasteiger charge is -2.33. The van der Waals surface area contributed by atoms with Crippen molar-refractivity contribution in [1.29, 1.82) is 0 Å². The van der Waals surface area contributed by atoms with Gasteiger partial charge in [0.25, 0.3) is 5.91 Å². The van der Waals surface area contributed by atoms with Gasteiger partial charge in [0, 0.05) is 26.2 Å². The van der Waals surface area contributed by atoms with Gasteiger partial charge in [0.05, 0.1) is 16.0 Å². The summed E-state index contributed by atoms with van der Waals surface area (Å²) >= 11 is 2.96. The first-order valence-electron chi connectivity index (χ1n) is 10.1. The molecular formula is C22H25N3O3S3. The number of nitrogens with zero attached hydrogens (tertiary/aromatic N) is 3. The van der Waals surface area contributed by atoms with Gasteiger partial charge in [0.2, 0.25) is 10.0 Å². The van der Waals surface area contributed by atoms with Crippen LogP contribution in [0.3, 0.4) is 0 Å². The predicted molar refractivity (Wildman–Crippen MR) is 125 cm³/mol. The van der Waals surface area contributed by atoms with Crippen LogP contribution in [0.2, 0.25) is 0 Å². The van der Waals surface area contributed by atoms with Gasteiger partial charge in [0.1, 0.15) is 9.88 Å². The number of carbonyl (C=O) groups excluding carboxylic acids is 1. The fraction of sp³-hybridized carbons (Fsp3) is 0.364. The highest BCUT2D eigenvalue weighted by molar-refractivity contribution is 7.89. The second kappa shape index (κ2) is 8.46. The van der Waals surface area contributed by atoms with Gasteiger partial charge in [-0.05, 0) is 34.6 Å². The highest BCUT2D eigenvalue weighted by Crippen LogP contribution is 2.30. The largest absolute Gasteiger partial charge is 0.335 e. The number of thiophene rings is 1. The van der Waals surface area contributed by atoms with Gasteiger partial charge in [0.15, 0.2) is 0 Å². The van der Waals surface area contributed by atoms with E-state index >= 15 is 0 Å². The van der Waals surface area contributed by atoms with E-state index in [2.05, 4.69) is 25.8 Å². The van der Waals surface area contributed by atoms with Crippen molar-refractivity contribution in [2.75, 3.05) is 26.2 Å². The number of benzene rings is 1. The Morgan fingerprint density at radius 2 is 1.71 bits per heavy atom. The standard InChI is InChI=1S/C22H25N3O3S3/c1-22(2,3)16-6-8-17(9-7-16)31(27,28)25-12-10-24(11-13-25)21(26)19-15-23-20(30-19)18-5-4-14-29-18/h4-9,14-15H,10-13H2,1-3H3. The molecule has 1 amide bonds. The van der Waals surface area contributed by atoms with Crippen LogP contribution in [-0.4, -0.2) is 54.7 Å². The zero-order valence-corrected chi connectivity index (χ0v) is 20.2. The fourth-order valence-corrected chi connectivity index (χ4v) is 6.56. The molecule has 1 fully saturated rings. The summed E-state index contributed by atoms with van der Waals surface area (Å²) < 4.78 is 27.6. The number of aromatic nitrogens is 1. The first kappa shape index (κ1) is 22.1. The molecule has 0 spiro atoms. The SMILES string of the molecule is CC(C)(C)c1ccc(S(=O)(=O)N2CCN(C(=O)c3cnc(-c4cccs4)s3)CC2)cc1. The molecule has 0 bridgehead atoms. The quantitative estimate of drug-likeness (QED) is 0.564. The molecule has 164 valence electrons. The molecule has 1 aliphatic heterocycles. The van der Waals surface area contributed by atoms with Crippen LogP contribution >= 0.6 is 22.7 Å². The molecule has 0 atom stereocenters. The summed E-state index contributed by atoms with van der Waals surface area (Å²) in [6.07, 6.45) is 1.61. The minimum atomic E-state index is -3.58. The van der Waals surface area contributed by atoms with Gasteiger partial charge in [-0.15, -0.1) is 22.7 Å². The Morgan fingerprint density at radius 1 is 1.03 bits per heavy atom. The van der Waals surface area contributed by atoms with E-state index in [1.165, 1.54) is 15.6 Å². The molecule has 1 saturated heterocycles. The number of carbonyl (C=O) groups is 1. The van der Waals surface area contributed by atoms with Crippen molar-refractivity contribution in [2.24, 2.45) is 0 Å². The minimum Gasteiger partial charge on any atom is -0.335 e. The highest BCUT2D eigenvalue weighted by atomic mass is 32.2. The number of piperazine rings is 1. The third kappa shape index (κ3) is 4.59. The number of rotatable bonds is 4. The summed E-state index contributed by atoms with van der Waals surface area (Å²) in [5.74, 6) is -0.0908. The third-order valence-corrected chi connectivity index (χ3v) is 9.27. The summed E-state index contributed by atoms with van der Waals surface area (Å²) in [6, 6.07) is 11.0. The summed E-state index contributed by atoms with van der Waals surface area (Å²) in [7, 11) is -3.58. The molecule has 1 aliphatic rings. The first-order valence-corrected chi connectivity index (χ1v) is 13.2. The van der Waals surface area contributed by atoms with E-state index in [1.807, 2.05) is 29.6 Å². The molecule has 0 saturated carbocycles. The van der Waals surface area contributed by atoms with Crippen LogP contribution in [0.15, 0.2) is 52.9 Å². The minimum absolute atomic E-state index is 0.0334. The molecule has 4 rings (SSSR count). The van der Waals surface area contributed by atoms with Gasteiger partial charge in [-0.3, -0.25) is 4.79 Å². The lowest BCUT2D eigenvalue weighted by Crippen LogP contribution is -2.50. The molecule has 9 heteroatoms. The molecule has 3 aromatic rings. The summed E-state index contributed by atoms with van der Waals surface area (Å²) in [4.78, 5) is 20.9. The molecule has 2 aromatic heterocycles. The van der Waals surface area contributed by atoms with E-state index in [9.17, 15) is 13.2 Å². The van der Waals surface area contributed by atoms with Crippen molar-refractivity contribution in [3.63, 3.8) is 0 Å². The molecular weight excluding hydrogens is 450 g/mol. The smallest absolute Gasteiger partial charge is 0.265 e. The Morgan fingerprint density at radius 3 is 2.29 bits per heavy atom. The third-order valence-electron chi connectivity index (χ3n) is 5.33. The molecule has 0 aliphatic carbocycles. The Bertz CT molecular complexity index is 1150. The van der Waals surface area contributed by atoms with E-state index in [0.29, 0.717) is 22.9 Å². The van der Waals surface area contributed by atoms with Crippen LogP contribution in [0.5, 0.6) is 0 Å². The van der Waals surface area contributed by atoms with E-state index in [4.69, 9.17) is 0 Å². The number of thiazole rings is 1. The zero-order chi connectivity index (χ0) is 22.2.